The van der Waals surface area contributed by atoms with Crippen LogP contribution in [0.2, 0.25) is 0 Å². The lowest BCUT2D eigenvalue weighted by molar-refractivity contribution is -0.118. The fourth-order valence-electron chi connectivity index (χ4n) is 2.99. The topological polar surface area (TPSA) is 85.7 Å². The Bertz CT molecular complexity index is 933. The smallest absolute Gasteiger partial charge is 0.262 e. The Morgan fingerprint density at radius 1 is 1.21 bits per heavy atom. The number of carbonyl (C=O) groups excluding carboxylic acids is 2. The van der Waals surface area contributed by atoms with Crippen molar-refractivity contribution in [2.24, 2.45) is 0 Å². The van der Waals surface area contributed by atoms with Gasteiger partial charge < -0.3 is 19.9 Å². The number of para-hydroxylation sites is 1. The first kappa shape index (κ1) is 19.4. The minimum absolute atomic E-state index is 0.112. The molecule has 3 rings (SSSR count). The van der Waals surface area contributed by atoms with Crippen molar-refractivity contribution in [2.45, 2.75) is 6.54 Å². The van der Waals surface area contributed by atoms with Crippen LogP contribution in [-0.2, 0) is 11.3 Å². The van der Waals surface area contributed by atoms with Crippen molar-refractivity contribution in [2.75, 3.05) is 39.1 Å². The van der Waals surface area contributed by atoms with Crippen molar-refractivity contribution in [1.82, 2.24) is 9.80 Å². The third-order valence-corrected chi connectivity index (χ3v) is 4.40. The van der Waals surface area contributed by atoms with Crippen LogP contribution < -0.4 is 10.1 Å². The molecular formula is C21H22N4O3. The first-order valence-corrected chi connectivity index (χ1v) is 8.96. The first-order chi connectivity index (χ1) is 13.5. The highest BCUT2D eigenvalue weighted by atomic mass is 16.5. The lowest BCUT2D eigenvalue weighted by Crippen LogP contribution is -2.37. The molecule has 0 fully saturated rings. The Labute approximate surface area is 164 Å². The van der Waals surface area contributed by atoms with Gasteiger partial charge in [-0.2, -0.15) is 5.26 Å². The number of ether oxygens (including phenoxy) is 1. The summed E-state index contributed by atoms with van der Waals surface area (Å²) in [7, 11) is 3.89. The van der Waals surface area contributed by atoms with Gasteiger partial charge in [-0.3, -0.25) is 9.59 Å². The number of hydrogen-bond acceptors (Lipinski definition) is 5. The van der Waals surface area contributed by atoms with Gasteiger partial charge in [0.15, 0.2) is 12.4 Å². The first-order valence-electron chi connectivity index (χ1n) is 8.96. The molecule has 0 saturated carbocycles. The number of fused-ring (bicyclic) bond motifs is 1. The number of carbonyl (C=O) groups is 2. The minimum Gasteiger partial charge on any atom is -0.481 e. The standard InChI is InChI=1S/C21H22N4O3/c1-24(2)9-10-25(13-16-6-3-5-15(11-16)12-22)21(27)17-7-4-8-18-20(17)28-14-19(26)23-18/h3-8,11H,9-10,13-14H2,1-2H3,(H,23,26). The molecule has 0 radical (unpaired) electrons. The number of hydrogen-bond donors (Lipinski definition) is 1. The van der Waals surface area contributed by atoms with Gasteiger partial charge in [-0.1, -0.05) is 18.2 Å². The second-order valence-corrected chi connectivity index (χ2v) is 6.86. The largest absolute Gasteiger partial charge is 0.481 e. The molecule has 1 aliphatic heterocycles. The van der Waals surface area contributed by atoms with Crippen LogP contribution in [0.4, 0.5) is 5.69 Å². The molecule has 0 atom stereocenters. The van der Waals surface area contributed by atoms with E-state index in [9.17, 15) is 9.59 Å². The average Bonchev–Trinajstić information content (AvgIpc) is 2.69. The van der Waals surface area contributed by atoms with E-state index in [2.05, 4.69) is 11.4 Å². The summed E-state index contributed by atoms with van der Waals surface area (Å²) < 4.78 is 5.54. The Balaban J connectivity index is 1.90. The van der Waals surface area contributed by atoms with Crippen molar-refractivity contribution in [3.63, 3.8) is 0 Å². The maximum absolute atomic E-state index is 13.3. The molecule has 7 heteroatoms. The predicted octanol–water partition coefficient (Wildman–Crippen LogP) is 2.09. The molecule has 2 aromatic rings. The Hall–Kier alpha value is -3.37. The minimum atomic E-state index is -0.241. The second kappa shape index (κ2) is 8.55. The molecule has 2 amide bonds. The number of amides is 2. The van der Waals surface area contributed by atoms with E-state index in [4.69, 9.17) is 10.00 Å². The van der Waals surface area contributed by atoms with Gasteiger partial charge in [0.1, 0.15) is 0 Å². The van der Waals surface area contributed by atoms with Gasteiger partial charge in [-0.25, -0.2) is 0 Å². The highest BCUT2D eigenvalue weighted by molar-refractivity contribution is 6.03. The lowest BCUT2D eigenvalue weighted by atomic mass is 10.1. The number of nitriles is 1. The van der Waals surface area contributed by atoms with E-state index in [1.54, 1.807) is 35.2 Å². The number of nitrogens with one attached hydrogen (secondary N) is 1. The molecule has 0 aromatic heterocycles. The Morgan fingerprint density at radius 2 is 2.00 bits per heavy atom. The van der Waals surface area contributed by atoms with Crippen molar-refractivity contribution in [1.29, 1.82) is 5.26 Å². The zero-order chi connectivity index (χ0) is 20.1. The van der Waals surface area contributed by atoms with Crippen LogP contribution >= 0.6 is 0 Å². The van der Waals surface area contributed by atoms with E-state index in [0.717, 1.165) is 5.56 Å². The summed E-state index contributed by atoms with van der Waals surface area (Å²) in [6.45, 7) is 1.46. The number of rotatable bonds is 6. The number of anilines is 1. The highest BCUT2D eigenvalue weighted by Gasteiger charge is 2.25. The normalized spacial score (nSPS) is 12.6. The quantitative estimate of drug-likeness (QED) is 0.832. The van der Waals surface area contributed by atoms with Gasteiger partial charge in [0.2, 0.25) is 0 Å². The molecule has 0 aliphatic carbocycles. The Kier molecular flexibility index (Phi) is 5.92. The van der Waals surface area contributed by atoms with Crippen LogP contribution in [-0.4, -0.2) is 55.4 Å². The molecule has 0 saturated heterocycles. The van der Waals surface area contributed by atoms with E-state index in [1.807, 2.05) is 31.1 Å². The molecular weight excluding hydrogens is 356 g/mol. The van der Waals surface area contributed by atoms with Crippen LogP contribution in [0, 0.1) is 11.3 Å². The second-order valence-electron chi connectivity index (χ2n) is 6.86. The zero-order valence-corrected chi connectivity index (χ0v) is 15.9. The molecule has 28 heavy (non-hydrogen) atoms. The van der Waals surface area contributed by atoms with Crippen molar-refractivity contribution in [3.8, 4) is 11.8 Å². The van der Waals surface area contributed by atoms with Gasteiger partial charge in [0.05, 0.1) is 22.9 Å². The van der Waals surface area contributed by atoms with Crippen molar-refractivity contribution < 1.29 is 14.3 Å². The van der Waals surface area contributed by atoms with Crippen LogP contribution in [0.5, 0.6) is 5.75 Å². The summed E-state index contributed by atoms with van der Waals surface area (Å²) in [6, 6.07) is 14.5. The predicted molar refractivity (Wildman–Crippen MR) is 105 cm³/mol. The monoisotopic (exact) mass is 378 g/mol. The third-order valence-electron chi connectivity index (χ3n) is 4.40. The SMILES string of the molecule is CN(C)CCN(Cc1cccc(C#N)c1)C(=O)c1cccc2c1OCC(=O)N2. The van der Waals surface area contributed by atoms with E-state index >= 15 is 0 Å². The summed E-state index contributed by atoms with van der Waals surface area (Å²) in [6.07, 6.45) is 0. The van der Waals surface area contributed by atoms with Crippen molar-refractivity contribution >= 4 is 17.5 Å². The molecule has 0 spiro atoms. The fraction of sp³-hybridized carbons (Fsp3) is 0.286. The average molecular weight is 378 g/mol. The highest BCUT2D eigenvalue weighted by Crippen LogP contribution is 2.32. The van der Waals surface area contributed by atoms with E-state index in [1.165, 1.54) is 0 Å². The molecule has 0 unspecified atom stereocenters. The summed E-state index contributed by atoms with van der Waals surface area (Å²) in [5.74, 6) is -0.0279. The molecule has 1 aliphatic rings. The fourth-order valence-corrected chi connectivity index (χ4v) is 2.99. The maximum Gasteiger partial charge on any atom is 0.262 e. The van der Waals surface area contributed by atoms with Crippen LogP contribution in [0.3, 0.4) is 0 Å². The number of likely N-dealkylation sites (N-methyl/N-ethyl adjacent to an activating group) is 1. The van der Waals surface area contributed by atoms with Gasteiger partial charge in [0.25, 0.3) is 11.8 Å². The Morgan fingerprint density at radius 3 is 2.75 bits per heavy atom. The lowest BCUT2D eigenvalue weighted by Gasteiger charge is -2.27. The van der Waals surface area contributed by atoms with Crippen molar-refractivity contribution in [3.05, 3.63) is 59.2 Å². The summed E-state index contributed by atoms with van der Waals surface area (Å²) in [4.78, 5) is 28.6. The number of nitrogens with zero attached hydrogens (tertiary/aromatic N) is 3. The molecule has 2 aromatic carbocycles. The van der Waals surface area contributed by atoms with Crippen LogP contribution in [0.15, 0.2) is 42.5 Å². The maximum atomic E-state index is 13.3. The van der Waals surface area contributed by atoms with E-state index in [0.29, 0.717) is 42.2 Å². The molecule has 7 nitrogen and oxygen atoms in total. The third kappa shape index (κ3) is 4.48. The van der Waals surface area contributed by atoms with Gasteiger partial charge in [0, 0.05) is 19.6 Å². The molecule has 1 N–H and O–H groups in total. The van der Waals surface area contributed by atoms with Gasteiger partial charge >= 0.3 is 0 Å². The van der Waals surface area contributed by atoms with Crippen LogP contribution in [0.25, 0.3) is 0 Å². The molecule has 1 heterocycles. The van der Waals surface area contributed by atoms with E-state index in [-0.39, 0.29) is 18.4 Å². The van der Waals surface area contributed by atoms with E-state index < -0.39 is 0 Å². The summed E-state index contributed by atoms with van der Waals surface area (Å²) in [5, 5.41) is 11.9. The molecule has 0 bridgehead atoms. The van der Waals surface area contributed by atoms with Gasteiger partial charge in [-0.05, 0) is 43.9 Å². The summed E-state index contributed by atoms with van der Waals surface area (Å²) >= 11 is 0. The zero-order valence-electron chi connectivity index (χ0n) is 15.9. The van der Waals surface area contributed by atoms with Gasteiger partial charge in [-0.15, -0.1) is 0 Å². The molecule has 144 valence electrons. The van der Waals surface area contributed by atoms with Crippen LogP contribution in [0.1, 0.15) is 21.5 Å². The summed E-state index contributed by atoms with van der Waals surface area (Å²) in [5.41, 5.74) is 2.35. The number of benzene rings is 2.